The van der Waals surface area contributed by atoms with E-state index in [0.717, 1.165) is 44.9 Å². The fourth-order valence-electron chi connectivity index (χ4n) is 17.0. The average Bonchev–Trinajstić information content (AvgIpc) is 0.780. The molecule has 0 aromatic heterocycles. The Kier molecular flexibility index (Phi) is 69.1. The maximum atomic E-state index is 13.6. The maximum Gasteiger partial charge on any atom is 0.220 e. The number of ether oxygens (including phenoxy) is 6. The zero-order valence-corrected chi connectivity index (χ0v) is 72.2. The molecule has 17 atom stereocenters. The lowest BCUT2D eigenvalue weighted by molar-refractivity contribution is -0.379. The minimum Gasteiger partial charge on any atom is -0.394 e. The van der Waals surface area contributed by atoms with Gasteiger partial charge >= 0.3 is 0 Å². The van der Waals surface area contributed by atoms with E-state index >= 15 is 0 Å². The van der Waals surface area contributed by atoms with Crippen molar-refractivity contribution in [3.8, 4) is 0 Å². The van der Waals surface area contributed by atoms with Crippen LogP contribution >= 0.6 is 0 Å². The molecule has 3 rings (SSSR count). The molecule has 19 heteroatoms. The Bertz CT molecular complexity index is 2010. The second-order valence-electron chi connectivity index (χ2n) is 34.9. The number of amides is 1. The second-order valence-corrected chi connectivity index (χ2v) is 34.9. The monoisotopic (exact) mass is 1600 g/mol. The minimum atomic E-state index is -1.97. The Hall–Kier alpha value is -1.21. The van der Waals surface area contributed by atoms with Gasteiger partial charge in [0.2, 0.25) is 5.91 Å². The molecule has 3 saturated heterocycles. The number of rotatable bonds is 81. The molecule has 17 unspecified atom stereocenters. The molecule has 3 aliphatic heterocycles. The number of nitrogens with one attached hydrogen (secondary N) is 1. The third-order valence-corrected chi connectivity index (χ3v) is 24.7. The maximum absolute atomic E-state index is 13.6. The van der Waals surface area contributed by atoms with E-state index in [1.54, 1.807) is 0 Å². The SMILES string of the molecule is CCCCCCCCCCCCCCCCCCCCCCCCCCCCCCCCCCCCCCCCCCC(=O)NC(COC1OC(CO)C(OC2OC(CO)C(OC3OC(CO)C(O)C(O)C3O)C(O)C2O)C(O)C1O)C(O)CCCCCCCCCCCCCCCCCCCCCCCCCCCCC. The number of aliphatic hydroxyl groups excluding tert-OH is 11. The van der Waals surface area contributed by atoms with Gasteiger partial charge in [-0.3, -0.25) is 4.79 Å². The van der Waals surface area contributed by atoms with Gasteiger partial charge in [-0.1, -0.05) is 438 Å². The van der Waals surface area contributed by atoms with E-state index in [-0.39, 0.29) is 18.9 Å². The third-order valence-electron chi connectivity index (χ3n) is 24.7. The van der Waals surface area contributed by atoms with Gasteiger partial charge in [-0.25, -0.2) is 0 Å². The van der Waals surface area contributed by atoms with Gasteiger partial charge in [0.15, 0.2) is 18.9 Å². The van der Waals surface area contributed by atoms with Gasteiger partial charge in [0.25, 0.3) is 0 Å². The molecular weight excluding hydrogens is 1420 g/mol. The molecule has 0 radical (unpaired) electrons. The largest absolute Gasteiger partial charge is 0.394 e. The summed E-state index contributed by atoms with van der Waals surface area (Å²) < 4.78 is 34.6. The quantitative estimate of drug-likeness (QED) is 0.0252. The molecule has 112 heavy (non-hydrogen) atoms. The van der Waals surface area contributed by atoms with Crippen LogP contribution in [0.4, 0.5) is 0 Å². The lowest BCUT2D eigenvalue weighted by Crippen LogP contribution is -2.66. The summed E-state index contributed by atoms with van der Waals surface area (Å²) in [5.41, 5.74) is 0. The summed E-state index contributed by atoms with van der Waals surface area (Å²) in [5, 5.41) is 121. The van der Waals surface area contributed by atoms with Crippen LogP contribution in [0.2, 0.25) is 0 Å². The molecule has 12 N–H and O–H groups in total. The fourth-order valence-corrected chi connectivity index (χ4v) is 17.0. The van der Waals surface area contributed by atoms with Gasteiger partial charge in [-0.05, 0) is 12.8 Å². The molecular formula is C93H181NO18. The molecule has 666 valence electrons. The van der Waals surface area contributed by atoms with Crippen molar-refractivity contribution in [2.45, 2.75) is 561 Å². The van der Waals surface area contributed by atoms with Gasteiger partial charge in [-0.2, -0.15) is 0 Å². The van der Waals surface area contributed by atoms with Gasteiger partial charge < -0.3 is 89.9 Å². The zero-order valence-electron chi connectivity index (χ0n) is 72.2. The van der Waals surface area contributed by atoms with E-state index < -0.39 is 124 Å². The number of carbonyl (C=O) groups is 1. The van der Waals surface area contributed by atoms with E-state index in [0.29, 0.717) is 12.8 Å². The van der Waals surface area contributed by atoms with Crippen LogP contribution in [-0.2, 0) is 33.2 Å². The first-order valence-electron chi connectivity index (χ1n) is 48.3. The zero-order chi connectivity index (χ0) is 81.0. The second kappa shape index (κ2) is 73.7. The molecule has 3 aliphatic rings. The van der Waals surface area contributed by atoms with Gasteiger partial charge in [-0.15, -0.1) is 0 Å². The summed E-state index contributed by atoms with van der Waals surface area (Å²) in [5.74, 6) is -0.230. The third kappa shape index (κ3) is 51.4. The highest BCUT2D eigenvalue weighted by molar-refractivity contribution is 5.76. The highest BCUT2D eigenvalue weighted by Crippen LogP contribution is 2.34. The highest BCUT2D eigenvalue weighted by atomic mass is 16.8. The number of hydrogen-bond donors (Lipinski definition) is 12. The minimum absolute atomic E-state index is 0.230. The van der Waals surface area contributed by atoms with Crippen molar-refractivity contribution in [1.82, 2.24) is 5.32 Å². The lowest BCUT2D eigenvalue weighted by Gasteiger charge is -2.48. The van der Waals surface area contributed by atoms with Crippen molar-refractivity contribution in [2.75, 3.05) is 26.4 Å². The van der Waals surface area contributed by atoms with Crippen LogP contribution in [0.3, 0.4) is 0 Å². The van der Waals surface area contributed by atoms with E-state index in [1.165, 1.54) is 379 Å². The molecule has 0 saturated carbocycles. The van der Waals surface area contributed by atoms with E-state index in [4.69, 9.17) is 28.4 Å². The predicted molar refractivity (Wildman–Crippen MR) is 453 cm³/mol. The number of hydrogen-bond acceptors (Lipinski definition) is 18. The topological polar surface area (TPSA) is 307 Å². The number of carbonyl (C=O) groups excluding carboxylic acids is 1. The van der Waals surface area contributed by atoms with Crippen molar-refractivity contribution < 1.29 is 89.4 Å². The Balaban J connectivity index is 1.27. The summed E-state index contributed by atoms with van der Waals surface area (Å²) in [4.78, 5) is 13.6. The lowest BCUT2D eigenvalue weighted by atomic mass is 9.96. The molecule has 0 aliphatic carbocycles. The summed E-state index contributed by atoms with van der Waals surface area (Å²) in [6, 6.07) is -0.885. The van der Waals surface area contributed by atoms with Crippen LogP contribution in [0, 0.1) is 0 Å². The average molecular weight is 1600 g/mol. The summed E-state index contributed by atoms with van der Waals surface area (Å²) >= 11 is 0. The van der Waals surface area contributed by atoms with Gasteiger partial charge in [0.05, 0.1) is 38.6 Å². The predicted octanol–water partition coefficient (Wildman–Crippen LogP) is 19.3. The summed E-state index contributed by atoms with van der Waals surface area (Å²) in [6.07, 6.45) is 63.9. The summed E-state index contributed by atoms with van der Waals surface area (Å²) in [7, 11) is 0. The standard InChI is InChI=1S/C93H181NO18/c1-3-5-7-9-11-13-15-17-19-21-23-25-27-29-31-32-33-34-35-36-37-38-39-40-41-42-43-45-47-49-51-53-55-57-59-61-63-65-67-69-71-81(99)94-76(77(98)70-68-66-64-62-60-58-56-54-52-50-48-46-44-30-28-26-24-22-20-18-16-14-12-10-8-6-4-2)75-107-91-87(105)84(102)89(79(73-96)109-91)112-93-88(106)85(103)90(80(74-97)110-93)111-92-86(104)83(101)82(100)78(72-95)108-92/h76-80,82-93,95-98,100-106H,3-75H2,1-2H3,(H,94,99). The van der Waals surface area contributed by atoms with Crippen LogP contribution in [0.5, 0.6) is 0 Å². The van der Waals surface area contributed by atoms with E-state index in [2.05, 4.69) is 19.2 Å². The van der Waals surface area contributed by atoms with Crippen molar-refractivity contribution in [1.29, 1.82) is 0 Å². The molecule has 3 fully saturated rings. The first kappa shape index (κ1) is 105. The molecule has 0 bridgehead atoms. The van der Waals surface area contributed by atoms with Crippen LogP contribution in [0.25, 0.3) is 0 Å². The van der Waals surface area contributed by atoms with Gasteiger partial charge in [0, 0.05) is 6.42 Å². The van der Waals surface area contributed by atoms with Crippen LogP contribution in [-0.4, -0.2) is 193 Å². The van der Waals surface area contributed by atoms with E-state index in [1.807, 2.05) is 0 Å². The van der Waals surface area contributed by atoms with Crippen molar-refractivity contribution >= 4 is 5.91 Å². The first-order valence-corrected chi connectivity index (χ1v) is 48.3. The van der Waals surface area contributed by atoms with Crippen LogP contribution < -0.4 is 5.32 Å². The first-order chi connectivity index (χ1) is 54.8. The number of unbranched alkanes of at least 4 members (excludes halogenated alkanes) is 65. The smallest absolute Gasteiger partial charge is 0.220 e. The molecule has 0 aromatic rings. The van der Waals surface area contributed by atoms with E-state index in [9.17, 15) is 61.0 Å². The molecule has 19 nitrogen and oxygen atoms in total. The molecule has 3 heterocycles. The highest BCUT2D eigenvalue weighted by Gasteiger charge is 2.54. The normalized spacial score (nSPS) is 24.8. The molecule has 0 aromatic carbocycles. The number of aliphatic hydroxyl groups is 11. The Morgan fingerprint density at radius 1 is 0.286 bits per heavy atom. The van der Waals surface area contributed by atoms with Crippen LogP contribution in [0.15, 0.2) is 0 Å². The molecule has 1 amide bonds. The van der Waals surface area contributed by atoms with Crippen molar-refractivity contribution in [3.05, 3.63) is 0 Å². The Morgan fingerprint density at radius 2 is 0.509 bits per heavy atom. The molecule has 0 spiro atoms. The Morgan fingerprint density at radius 3 is 0.777 bits per heavy atom. The van der Waals surface area contributed by atoms with Crippen LogP contribution in [0.1, 0.15) is 457 Å². The Labute approximate surface area is 684 Å². The van der Waals surface area contributed by atoms with Crippen molar-refractivity contribution in [2.24, 2.45) is 0 Å². The summed E-state index contributed by atoms with van der Waals surface area (Å²) in [6.45, 7) is 1.90. The van der Waals surface area contributed by atoms with Gasteiger partial charge in [0.1, 0.15) is 73.2 Å². The fraction of sp³-hybridized carbons (Fsp3) is 0.989. The van der Waals surface area contributed by atoms with Crippen molar-refractivity contribution in [3.63, 3.8) is 0 Å².